The molecule has 0 aliphatic heterocycles. The van der Waals surface area contributed by atoms with Gasteiger partial charge in [-0.05, 0) is 37.3 Å². The molecule has 19 heavy (non-hydrogen) atoms. The molecule has 0 radical (unpaired) electrons. The normalized spacial score (nSPS) is 12.3. The SMILES string of the molecule is COc1ccc(C)cc1C(O)c1cc(Cl)ccc1Br. The number of aliphatic hydroxyl groups excluding tert-OH is 1. The molecule has 2 rings (SSSR count). The molecule has 2 nitrogen and oxygen atoms in total. The van der Waals surface area contributed by atoms with Crippen molar-refractivity contribution in [3.8, 4) is 5.75 Å². The van der Waals surface area contributed by atoms with Crippen LogP contribution in [0.15, 0.2) is 40.9 Å². The van der Waals surface area contributed by atoms with Gasteiger partial charge in [0.25, 0.3) is 0 Å². The Morgan fingerprint density at radius 3 is 2.58 bits per heavy atom. The summed E-state index contributed by atoms with van der Waals surface area (Å²) < 4.78 is 6.12. The summed E-state index contributed by atoms with van der Waals surface area (Å²) in [6, 6.07) is 11.1. The standard InChI is InChI=1S/C15H14BrClO2/c1-9-3-6-14(19-2)12(7-9)15(18)11-8-10(17)4-5-13(11)16/h3-8,15,18H,1-2H3. The number of ether oxygens (including phenoxy) is 1. The molecule has 0 amide bonds. The molecule has 0 aliphatic carbocycles. The first-order chi connectivity index (χ1) is 9.02. The second kappa shape index (κ2) is 5.95. The van der Waals surface area contributed by atoms with Gasteiger partial charge in [0, 0.05) is 20.6 Å². The Balaban J connectivity index is 2.51. The van der Waals surface area contributed by atoms with Crippen molar-refractivity contribution in [2.24, 2.45) is 0 Å². The van der Waals surface area contributed by atoms with Crippen LogP contribution in [-0.4, -0.2) is 12.2 Å². The molecular formula is C15H14BrClO2. The van der Waals surface area contributed by atoms with Crippen molar-refractivity contribution in [1.82, 2.24) is 0 Å². The van der Waals surface area contributed by atoms with E-state index in [-0.39, 0.29) is 0 Å². The van der Waals surface area contributed by atoms with Crippen molar-refractivity contribution in [1.29, 1.82) is 0 Å². The smallest absolute Gasteiger partial charge is 0.125 e. The Labute approximate surface area is 126 Å². The molecule has 0 aromatic heterocycles. The van der Waals surface area contributed by atoms with E-state index in [9.17, 15) is 5.11 Å². The van der Waals surface area contributed by atoms with E-state index in [0.717, 1.165) is 21.2 Å². The van der Waals surface area contributed by atoms with Crippen molar-refractivity contribution in [2.45, 2.75) is 13.0 Å². The zero-order valence-corrected chi connectivity index (χ0v) is 13.0. The summed E-state index contributed by atoms with van der Waals surface area (Å²) >= 11 is 9.42. The van der Waals surface area contributed by atoms with E-state index in [4.69, 9.17) is 16.3 Å². The summed E-state index contributed by atoms with van der Waals surface area (Å²) in [5.41, 5.74) is 2.51. The molecule has 1 atom stereocenters. The maximum atomic E-state index is 10.6. The Morgan fingerprint density at radius 2 is 1.89 bits per heavy atom. The third-order valence-corrected chi connectivity index (χ3v) is 3.89. The summed E-state index contributed by atoms with van der Waals surface area (Å²) in [7, 11) is 1.59. The van der Waals surface area contributed by atoms with Gasteiger partial charge in [0.1, 0.15) is 11.9 Å². The fraction of sp³-hybridized carbons (Fsp3) is 0.200. The lowest BCUT2D eigenvalue weighted by Crippen LogP contribution is -2.04. The highest BCUT2D eigenvalue weighted by Crippen LogP contribution is 2.35. The Morgan fingerprint density at radius 1 is 1.16 bits per heavy atom. The number of benzene rings is 2. The summed E-state index contributed by atoms with van der Waals surface area (Å²) in [4.78, 5) is 0. The molecule has 0 saturated carbocycles. The quantitative estimate of drug-likeness (QED) is 0.890. The van der Waals surface area contributed by atoms with E-state index in [0.29, 0.717) is 10.8 Å². The van der Waals surface area contributed by atoms with E-state index < -0.39 is 6.10 Å². The van der Waals surface area contributed by atoms with Gasteiger partial charge < -0.3 is 9.84 Å². The third kappa shape index (κ3) is 3.11. The van der Waals surface area contributed by atoms with Gasteiger partial charge in [0.05, 0.1) is 7.11 Å². The molecule has 0 fully saturated rings. The fourth-order valence-electron chi connectivity index (χ4n) is 1.96. The number of halogens is 2. The minimum atomic E-state index is -0.789. The van der Waals surface area contributed by atoms with Crippen LogP contribution in [0.5, 0.6) is 5.75 Å². The molecule has 4 heteroatoms. The number of aliphatic hydroxyl groups is 1. The van der Waals surface area contributed by atoms with Crippen molar-refractivity contribution in [2.75, 3.05) is 7.11 Å². The minimum absolute atomic E-state index is 0.587. The Kier molecular flexibility index (Phi) is 4.50. The van der Waals surface area contributed by atoms with Crippen LogP contribution in [0.25, 0.3) is 0 Å². The maximum absolute atomic E-state index is 10.6. The fourth-order valence-corrected chi connectivity index (χ4v) is 2.60. The van der Waals surface area contributed by atoms with E-state index >= 15 is 0 Å². The van der Waals surface area contributed by atoms with Gasteiger partial charge in [0.15, 0.2) is 0 Å². The second-order valence-corrected chi connectivity index (χ2v) is 5.60. The number of hydrogen-bond acceptors (Lipinski definition) is 2. The van der Waals surface area contributed by atoms with E-state index in [2.05, 4.69) is 15.9 Å². The van der Waals surface area contributed by atoms with Gasteiger partial charge in [-0.25, -0.2) is 0 Å². The molecule has 0 saturated heterocycles. The lowest BCUT2D eigenvalue weighted by molar-refractivity contribution is 0.214. The average Bonchev–Trinajstić information content (AvgIpc) is 2.40. The largest absolute Gasteiger partial charge is 0.496 e. The maximum Gasteiger partial charge on any atom is 0.125 e. The molecule has 2 aromatic rings. The Hall–Kier alpha value is -1.03. The van der Waals surface area contributed by atoms with Crippen molar-refractivity contribution in [3.05, 3.63) is 62.6 Å². The number of methoxy groups -OCH3 is 1. The summed E-state index contributed by atoms with van der Waals surface area (Å²) in [5, 5.41) is 11.2. The molecule has 0 bridgehead atoms. The van der Waals surface area contributed by atoms with Crippen LogP contribution in [0.1, 0.15) is 22.8 Å². The summed E-state index contributed by atoms with van der Waals surface area (Å²) in [5.74, 6) is 0.657. The highest BCUT2D eigenvalue weighted by atomic mass is 79.9. The van der Waals surface area contributed by atoms with Crippen LogP contribution in [0.3, 0.4) is 0 Å². The topological polar surface area (TPSA) is 29.5 Å². The van der Waals surface area contributed by atoms with E-state index in [1.807, 2.05) is 31.2 Å². The van der Waals surface area contributed by atoms with Gasteiger partial charge in [-0.15, -0.1) is 0 Å². The molecule has 100 valence electrons. The molecule has 2 aromatic carbocycles. The molecule has 0 aliphatic rings. The van der Waals surface area contributed by atoms with Crippen molar-refractivity contribution < 1.29 is 9.84 Å². The molecule has 1 N–H and O–H groups in total. The van der Waals surface area contributed by atoms with Gasteiger partial charge >= 0.3 is 0 Å². The first kappa shape index (κ1) is 14.4. The van der Waals surface area contributed by atoms with Crippen LogP contribution in [0.4, 0.5) is 0 Å². The van der Waals surface area contributed by atoms with Crippen LogP contribution in [0, 0.1) is 6.92 Å². The minimum Gasteiger partial charge on any atom is -0.496 e. The molecule has 1 unspecified atom stereocenters. The first-order valence-electron chi connectivity index (χ1n) is 5.80. The lowest BCUT2D eigenvalue weighted by Gasteiger charge is -2.17. The second-order valence-electron chi connectivity index (χ2n) is 4.31. The van der Waals surface area contributed by atoms with Crippen LogP contribution < -0.4 is 4.74 Å². The van der Waals surface area contributed by atoms with Crippen LogP contribution in [0.2, 0.25) is 5.02 Å². The highest BCUT2D eigenvalue weighted by molar-refractivity contribution is 9.10. The third-order valence-electron chi connectivity index (χ3n) is 2.93. The Bertz CT molecular complexity index is 599. The number of hydrogen-bond donors (Lipinski definition) is 1. The number of rotatable bonds is 3. The average molecular weight is 342 g/mol. The highest BCUT2D eigenvalue weighted by Gasteiger charge is 2.18. The molecule has 0 heterocycles. The number of aryl methyl sites for hydroxylation is 1. The summed E-state index contributed by atoms with van der Waals surface area (Å²) in [6.45, 7) is 1.97. The van der Waals surface area contributed by atoms with Gasteiger partial charge in [0.2, 0.25) is 0 Å². The first-order valence-corrected chi connectivity index (χ1v) is 6.97. The van der Waals surface area contributed by atoms with Gasteiger partial charge in [-0.3, -0.25) is 0 Å². The van der Waals surface area contributed by atoms with Gasteiger partial charge in [-0.2, -0.15) is 0 Å². The summed E-state index contributed by atoms with van der Waals surface area (Å²) in [6.07, 6.45) is -0.789. The van der Waals surface area contributed by atoms with Crippen molar-refractivity contribution >= 4 is 27.5 Å². The van der Waals surface area contributed by atoms with Crippen LogP contribution >= 0.6 is 27.5 Å². The van der Waals surface area contributed by atoms with Crippen molar-refractivity contribution in [3.63, 3.8) is 0 Å². The zero-order valence-electron chi connectivity index (χ0n) is 10.7. The molecular weight excluding hydrogens is 328 g/mol. The lowest BCUT2D eigenvalue weighted by atomic mass is 9.99. The predicted molar refractivity (Wildman–Crippen MR) is 80.9 cm³/mol. The predicted octanol–water partition coefficient (Wildman–Crippen LogP) is 4.50. The monoisotopic (exact) mass is 340 g/mol. The van der Waals surface area contributed by atoms with E-state index in [1.54, 1.807) is 19.2 Å². The zero-order chi connectivity index (χ0) is 14.0. The molecule has 0 spiro atoms. The van der Waals surface area contributed by atoms with E-state index in [1.165, 1.54) is 0 Å². The van der Waals surface area contributed by atoms with Crippen LogP contribution in [-0.2, 0) is 0 Å². The van der Waals surface area contributed by atoms with Gasteiger partial charge in [-0.1, -0.05) is 39.2 Å².